The quantitative estimate of drug-likeness (QED) is 0.838. The maximum absolute atomic E-state index is 13.9. The third-order valence-corrected chi connectivity index (χ3v) is 5.14. The Morgan fingerprint density at radius 1 is 1.18 bits per heavy atom. The molecule has 1 aliphatic heterocycles. The second-order valence-corrected chi connectivity index (χ2v) is 6.64. The van der Waals surface area contributed by atoms with Crippen molar-refractivity contribution in [1.29, 1.82) is 0 Å². The summed E-state index contributed by atoms with van der Waals surface area (Å²) in [7, 11) is 4.01. The Balaban J connectivity index is 2.09. The van der Waals surface area contributed by atoms with E-state index in [2.05, 4.69) is 5.10 Å². The standard InChI is InChI=1S/C18H21F3N2O5/c1-26-13-8-10(9-14(27-2)15(13)28-3)16(24)23-17(25,18(19,20)21)11-6-4-5-7-12(11)22-23/h8-9,11,25H,4-7H2,1-3H3/t11-,17+/m1/s1. The van der Waals surface area contributed by atoms with Crippen molar-refractivity contribution in [2.24, 2.45) is 11.0 Å². The molecular weight excluding hydrogens is 381 g/mol. The Hall–Kier alpha value is -2.49. The van der Waals surface area contributed by atoms with Crippen molar-refractivity contribution in [2.75, 3.05) is 21.3 Å². The summed E-state index contributed by atoms with van der Waals surface area (Å²) in [6.45, 7) is 0. The van der Waals surface area contributed by atoms with Crippen molar-refractivity contribution < 1.29 is 37.3 Å². The highest BCUT2D eigenvalue weighted by molar-refractivity contribution is 6.00. The molecule has 1 aromatic carbocycles. The highest BCUT2D eigenvalue weighted by Gasteiger charge is 2.68. The van der Waals surface area contributed by atoms with E-state index in [-0.39, 0.29) is 40.0 Å². The van der Waals surface area contributed by atoms with Crippen LogP contribution in [0.5, 0.6) is 17.2 Å². The fraction of sp³-hybridized carbons (Fsp3) is 0.556. The number of carbonyl (C=O) groups excluding carboxylic acids is 1. The zero-order valence-electron chi connectivity index (χ0n) is 15.7. The Labute approximate surface area is 159 Å². The van der Waals surface area contributed by atoms with E-state index in [1.807, 2.05) is 0 Å². The van der Waals surface area contributed by atoms with Gasteiger partial charge in [-0.2, -0.15) is 23.3 Å². The van der Waals surface area contributed by atoms with E-state index >= 15 is 0 Å². The summed E-state index contributed by atoms with van der Waals surface area (Å²) in [6.07, 6.45) is -3.48. The first-order valence-electron chi connectivity index (χ1n) is 8.70. The Kier molecular flexibility index (Phi) is 5.18. The first-order chi connectivity index (χ1) is 13.2. The molecule has 0 saturated heterocycles. The molecule has 10 heteroatoms. The van der Waals surface area contributed by atoms with Crippen LogP contribution in [0.4, 0.5) is 13.2 Å². The van der Waals surface area contributed by atoms with Crippen LogP contribution < -0.4 is 14.2 Å². The molecule has 7 nitrogen and oxygen atoms in total. The number of nitrogens with zero attached hydrogens (tertiary/aromatic N) is 2. The molecule has 0 bridgehead atoms. The number of amides is 1. The minimum absolute atomic E-state index is 0.102. The zero-order valence-corrected chi connectivity index (χ0v) is 15.7. The Morgan fingerprint density at radius 2 is 1.79 bits per heavy atom. The first kappa shape index (κ1) is 20.2. The van der Waals surface area contributed by atoms with Gasteiger partial charge in [0.25, 0.3) is 11.6 Å². The number of halogens is 3. The lowest BCUT2D eigenvalue weighted by molar-refractivity contribution is -0.312. The molecule has 0 aromatic heterocycles. The molecule has 154 valence electrons. The van der Waals surface area contributed by atoms with Crippen LogP contribution in [-0.2, 0) is 0 Å². The van der Waals surface area contributed by atoms with E-state index in [1.165, 1.54) is 33.5 Å². The summed E-state index contributed by atoms with van der Waals surface area (Å²) in [6, 6.07) is 2.45. The van der Waals surface area contributed by atoms with Crippen LogP contribution in [0, 0.1) is 5.92 Å². The van der Waals surface area contributed by atoms with Gasteiger partial charge >= 0.3 is 6.18 Å². The van der Waals surface area contributed by atoms with Gasteiger partial charge in [-0.05, 0) is 31.4 Å². The number of hydrogen-bond donors (Lipinski definition) is 1. The van der Waals surface area contributed by atoms with Crippen molar-refractivity contribution in [1.82, 2.24) is 5.01 Å². The van der Waals surface area contributed by atoms with Crippen molar-refractivity contribution in [2.45, 2.75) is 37.6 Å². The Bertz CT molecular complexity index is 786. The van der Waals surface area contributed by atoms with E-state index in [0.29, 0.717) is 19.3 Å². The summed E-state index contributed by atoms with van der Waals surface area (Å²) < 4.78 is 57.1. The van der Waals surface area contributed by atoms with E-state index in [4.69, 9.17) is 14.2 Å². The fourth-order valence-corrected chi connectivity index (χ4v) is 3.75. The lowest BCUT2D eigenvalue weighted by Crippen LogP contribution is -2.61. The number of hydrazone groups is 1. The van der Waals surface area contributed by atoms with Crippen LogP contribution in [0.2, 0.25) is 0 Å². The van der Waals surface area contributed by atoms with Gasteiger partial charge in [0, 0.05) is 11.3 Å². The topological polar surface area (TPSA) is 80.6 Å². The summed E-state index contributed by atoms with van der Waals surface area (Å²) in [5, 5.41) is 14.7. The van der Waals surface area contributed by atoms with Crippen LogP contribution in [-0.4, -0.2) is 55.0 Å². The average molecular weight is 402 g/mol. The van der Waals surface area contributed by atoms with Gasteiger partial charge in [-0.25, -0.2) is 0 Å². The number of methoxy groups -OCH3 is 3. The molecular formula is C18H21F3N2O5. The molecule has 28 heavy (non-hydrogen) atoms. The molecule has 0 unspecified atom stereocenters. The van der Waals surface area contributed by atoms with Gasteiger partial charge in [0.2, 0.25) is 5.75 Å². The van der Waals surface area contributed by atoms with Crippen LogP contribution in [0.25, 0.3) is 0 Å². The van der Waals surface area contributed by atoms with Gasteiger partial charge in [0.1, 0.15) is 0 Å². The lowest BCUT2D eigenvalue weighted by atomic mass is 9.80. The second-order valence-electron chi connectivity index (χ2n) is 6.64. The van der Waals surface area contributed by atoms with E-state index in [1.54, 1.807) is 0 Å². The van der Waals surface area contributed by atoms with Crippen LogP contribution in [0.15, 0.2) is 17.2 Å². The predicted octanol–water partition coefficient (Wildman–Crippen LogP) is 2.97. The van der Waals surface area contributed by atoms with E-state index in [9.17, 15) is 23.1 Å². The molecule has 1 aromatic rings. The third kappa shape index (κ3) is 2.95. The molecule has 1 aliphatic carbocycles. The van der Waals surface area contributed by atoms with Crippen LogP contribution >= 0.6 is 0 Å². The Morgan fingerprint density at radius 3 is 2.29 bits per heavy atom. The number of ether oxygens (including phenoxy) is 3. The third-order valence-electron chi connectivity index (χ3n) is 5.14. The van der Waals surface area contributed by atoms with Gasteiger partial charge in [0.05, 0.1) is 27.2 Å². The fourth-order valence-electron chi connectivity index (χ4n) is 3.75. The first-order valence-corrected chi connectivity index (χ1v) is 8.70. The monoisotopic (exact) mass is 402 g/mol. The molecule has 1 amide bonds. The summed E-state index contributed by atoms with van der Waals surface area (Å²) >= 11 is 0. The maximum atomic E-state index is 13.9. The molecule has 2 atom stereocenters. The van der Waals surface area contributed by atoms with Crippen molar-refractivity contribution in [3.63, 3.8) is 0 Å². The highest BCUT2D eigenvalue weighted by Crippen LogP contribution is 2.49. The van der Waals surface area contributed by atoms with Crippen molar-refractivity contribution >= 4 is 11.6 Å². The minimum atomic E-state index is -5.07. The largest absolute Gasteiger partial charge is 0.493 e. The zero-order chi connectivity index (χ0) is 20.7. The van der Waals surface area contributed by atoms with E-state index in [0.717, 1.165) is 0 Å². The number of hydrogen-bond acceptors (Lipinski definition) is 6. The van der Waals surface area contributed by atoms with Gasteiger partial charge < -0.3 is 19.3 Å². The van der Waals surface area contributed by atoms with Crippen LogP contribution in [0.1, 0.15) is 36.0 Å². The normalized spacial score (nSPS) is 24.5. The number of rotatable bonds is 4. The molecule has 1 N–H and O–H groups in total. The molecule has 0 spiro atoms. The number of alkyl halides is 3. The van der Waals surface area contributed by atoms with Crippen LogP contribution in [0.3, 0.4) is 0 Å². The van der Waals surface area contributed by atoms with Gasteiger partial charge in [-0.15, -0.1) is 0 Å². The second kappa shape index (κ2) is 7.16. The molecule has 1 saturated carbocycles. The van der Waals surface area contributed by atoms with Crippen molar-refractivity contribution in [3.05, 3.63) is 17.7 Å². The SMILES string of the molecule is COc1cc(C(=O)N2N=C3CCCC[C@H]3[C@]2(O)C(F)(F)F)cc(OC)c1OC. The molecule has 1 heterocycles. The molecule has 3 rings (SSSR count). The number of aliphatic hydroxyl groups is 1. The van der Waals surface area contributed by atoms with Gasteiger partial charge in [-0.1, -0.05) is 6.42 Å². The van der Waals surface area contributed by atoms with Gasteiger partial charge in [0.15, 0.2) is 11.5 Å². The maximum Gasteiger partial charge on any atom is 0.439 e. The van der Waals surface area contributed by atoms with Crippen molar-refractivity contribution in [3.8, 4) is 17.2 Å². The predicted molar refractivity (Wildman–Crippen MR) is 92.7 cm³/mol. The molecule has 0 radical (unpaired) electrons. The van der Waals surface area contributed by atoms with Gasteiger partial charge in [-0.3, -0.25) is 4.79 Å². The summed E-state index contributed by atoms with van der Waals surface area (Å²) in [5.41, 5.74) is -3.38. The summed E-state index contributed by atoms with van der Waals surface area (Å²) in [4.78, 5) is 13.0. The molecule has 2 aliphatic rings. The highest BCUT2D eigenvalue weighted by atomic mass is 19.4. The number of fused-ring (bicyclic) bond motifs is 1. The lowest BCUT2D eigenvalue weighted by Gasteiger charge is -2.38. The average Bonchev–Trinajstić information content (AvgIpc) is 3.00. The smallest absolute Gasteiger partial charge is 0.439 e. The van der Waals surface area contributed by atoms with E-state index < -0.39 is 23.7 Å². The minimum Gasteiger partial charge on any atom is -0.493 e. The number of benzene rings is 1. The summed E-state index contributed by atoms with van der Waals surface area (Å²) in [5.74, 6) is -1.99. The number of carbonyl (C=O) groups is 1. The molecule has 1 fully saturated rings.